The zero-order valence-electron chi connectivity index (χ0n) is 14.0. The largest absolute Gasteiger partial charge is 0.493 e. The van der Waals surface area contributed by atoms with Crippen LogP contribution >= 0.6 is 0 Å². The summed E-state index contributed by atoms with van der Waals surface area (Å²) in [6, 6.07) is 12.4. The smallest absolute Gasteiger partial charge is 0.303 e. The van der Waals surface area contributed by atoms with E-state index >= 15 is 0 Å². The molecular weight excluding hydrogens is 304 g/mol. The van der Waals surface area contributed by atoms with Crippen molar-refractivity contribution in [2.75, 3.05) is 14.2 Å². The molecule has 1 N–H and O–H groups in total. The molecule has 4 heteroatoms. The Morgan fingerprint density at radius 2 is 1.71 bits per heavy atom. The normalized spacial score (nSPS) is 15.8. The number of ether oxygens (including phenoxy) is 2. The van der Waals surface area contributed by atoms with Crippen LogP contribution in [0.4, 0.5) is 0 Å². The van der Waals surface area contributed by atoms with Crippen molar-refractivity contribution >= 4 is 5.97 Å². The van der Waals surface area contributed by atoms with Crippen molar-refractivity contribution in [1.29, 1.82) is 0 Å². The third-order valence-corrected chi connectivity index (χ3v) is 4.76. The van der Waals surface area contributed by atoms with Crippen molar-refractivity contribution in [2.45, 2.75) is 31.6 Å². The van der Waals surface area contributed by atoms with Crippen molar-refractivity contribution in [1.82, 2.24) is 0 Å². The second-order valence-corrected chi connectivity index (χ2v) is 6.09. The first-order valence-corrected chi connectivity index (χ1v) is 8.18. The number of hydrogen-bond acceptors (Lipinski definition) is 3. The fourth-order valence-corrected chi connectivity index (χ4v) is 3.60. The van der Waals surface area contributed by atoms with Gasteiger partial charge in [0.05, 0.1) is 14.2 Å². The van der Waals surface area contributed by atoms with Crippen LogP contribution in [0.1, 0.15) is 41.0 Å². The van der Waals surface area contributed by atoms with E-state index < -0.39 is 5.97 Å². The van der Waals surface area contributed by atoms with Gasteiger partial charge in [-0.3, -0.25) is 4.79 Å². The predicted octanol–water partition coefficient (Wildman–Crippen LogP) is 3.80. The summed E-state index contributed by atoms with van der Waals surface area (Å²) in [6.07, 6.45) is 2.58. The Kier molecular flexibility index (Phi) is 4.74. The van der Waals surface area contributed by atoms with Crippen LogP contribution in [0.2, 0.25) is 0 Å². The first kappa shape index (κ1) is 16.4. The molecule has 0 spiro atoms. The van der Waals surface area contributed by atoms with Crippen molar-refractivity contribution in [2.24, 2.45) is 0 Å². The quantitative estimate of drug-likeness (QED) is 0.908. The summed E-state index contributed by atoms with van der Waals surface area (Å²) in [6.45, 7) is 0. The van der Waals surface area contributed by atoms with Gasteiger partial charge in [-0.15, -0.1) is 0 Å². The first-order valence-electron chi connectivity index (χ1n) is 8.18. The molecule has 1 aliphatic carbocycles. The molecule has 0 amide bonds. The number of carboxylic acid groups (broad SMARTS) is 1. The number of rotatable bonds is 5. The highest BCUT2D eigenvalue weighted by atomic mass is 16.5. The van der Waals surface area contributed by atoms with E-state index in [4.69, 9.17) is 14.6 Å². The highest BCUT2D eigenvalue weighted by Crippen LogP contribution is 2.41. The van der Waals surface area contributed by atoms with Crippen molar-refractivity contribution in [3.05, 3.63) is 58.7 Å². The van der Waals surface area contributed by atoms with E-state index in [9.17, 15) is 4.79 Å². The second-order valence-electron chi connectivity index (χ2n) is 6.09. The zero-order chi connectivity index (χ0) is 17.1. The maximum Gasteiger partial charge on any atom is 0.303 e. The number of carboxylic acids is 1. The molecule has 24 heavy (non-hydrogen) atoms. The van der Waals surface area contributed by atoms with E-state index in [1.807, 2.05) is 24.3 Å². The van der Waals surface area contributed by atoms with Crippen LogP contribution in [0.5, 0.6) is 11.5 Å². The number of aryl methyl sites for hydroxylation is 2. The molecule has 0 saturated carbocycles. The summed E-state index contributed by atoms with van der Waals surface area (Å²) < 4.78 is 10.9. The summed E-state index contributed by atoms with van der Waals surface area (Å²) in [5.74, 6) is 0.712. The maximum atomic E-state index is 11.1. The lowest BCUT2D eigenvalue weighted by molar-refractivity contribution is -0.137. The molecule has 0 bridgehead atoms. The molecule has 4 nitrogen and oxygen atoms in total. The van der Waals surface area contributed by atoms with Crippen molar-refractivity contribution in [3.8, 4) is 11.5 Å². The van der Waals surface area contributed by atoms with Crippen LogP contribution in [0.3, 0.4) is 0 Å². The SMILES string of the molecule is COc1cc2c(cc1OC)C(CCC(=O)O)c1ccccc1CC2. The van der Waals surface area contributed by atoms with E-state index in [2.05, 4.69) is 12.1 Å². The number of benzene rings is 2. The Morgan fingerprint density at radius 1 is 1.04 bits per heavy atom. The van der Waals surface area contributed by atoms with Gasteiger partial charge in [-0.05, 0) is 53.6 Å². The van der Waals surface area contributed by atoms with Crippen molar-refractivity contribution < 1.29 is 19.4 Å². The molecule has 3 rings (SSSR count). The lowest BCUT2D eigenvalue weighted by atomic mass is 9.84. The monoisotopic (exact) mass is 326 g/mol. The first-order chi connectivity index (χ1) is 11.6. The highest BCUT2D eigenvalue weighted by Gasteiger charge is 2.26. The van der Waals surface area contributed by atoms with Gasteiger partial charge in [0.25, 0.3) is 0 Å². The molecule has 0 heterocycles. The van der Waals surface area contributed by atoms with Gasteiger partial charge >= 0.3 is 5.97 Å². The summed E-state index contributed by atoms with van der Waals surface area (Å²) in [7, 11) is 3.26. The molecule has 2 aromatic carbocycles. The summed E-state index contributed by atoms with van der Waals surface area (Å²) in [5, 5.41) is 9.15. The van der Waals surface area contributed by atoms with Crippen LogP contribution < -0.4 is 9.47 Å². The fraction of sp³-hybridized carbons (Fsp3) is 0.350. The van der Waals surface area contributed by atoms with Gasteiger partial charge < -0.3 is 14.6 Å². The Balaban J connectivity index is 2.13. The maximum absolute atomic E-state index is 11.1. The van der Waals surface area contributed by atoms with E-state index in [1.54, 1.807) is 14.2 Å². The summed E-state index contributed by atoms with van der Waals surface area (Å²) in [4.78, 5) is 11.1. The predicted molar refractivity (Wildman–Crippen MR) is 92.1 cm³/mol. The van der Waals surface area contributed by atoms with Gasteiger partial charge in [0, 0.05) is 12.3 Å². The molecule has 0 saturated heterocycles. The van der Waals surface area contributed by atoms with Crippen LogP contribution in [-0.4, -0.2) is 25.3 Å². The van der Waals surface area contributed by atoms with Crippen LogP contribution in [0.25, 0.3) is 0 Å². The lowest BCUT2D eigenvalue weighted by Gasteiger charge is -2.21. The van der Waals surface area contributed by atoms with Crippen LogP contribution in [-0.2, 0) is 17.6 Å². The molecule has 0 aromatic heterocycles. The summed E-state index contributed by atoms with van der Waals surface area (Å²) in [5.41, 5.74) is 4.88. The van der Waals surface area contributed by atoms with Gasteiger partial charge in [-0.1, -0.05) is 24.3 Å². The fourth-order valence-electron chi connectivity index (χ4n) is 3.60. The zero-order valence-corrected chi connectivity index (χ0v) is 14.0. The number of carbonyl (C=O) groups is 1. The minimum absolute atomic E-state index is 0.0645. The molecule has 126 valence electrons. The Labute approximate surface area is 142 Å². The van der Waals surface area contributed by atoms with Crippen LogP contribution in [0.15, 0.2) is 36.4 Å². The standard InChI is InChI=1S/C20H22O4/c1-23-18-11-14-8-7-13-5-3-4-6-15(13)16(9-10-20(21)22)17(14)12-19(18)24-2/h3-6,11-12,16H,7-10H2,1-2H3,(H,21,22). The summed E-state index contributed by atoms with van der Waals surface area (Å²) >= 11 is 0. The third kappa shape index (κ3) is 3.09. The van der Waals surface area contributed by atoms with E-state index in [1.165, 1.54) is 16.7 Å². The number of methoxy groups -OCH3 is 2. The third-order valence-electron chi connectivity index (χ3n) is 4.76. The number of fused-ring (bicyclic) bond motifs is 2. The molecule has 0 radical (unpaired) electrons. The lowest BCUT2D eigenvalue weighted by Crippen LogP contribution is -2.08. The topological polar surface area (TPSA) is 55.8 Å². The molecule has 1 unspecified atom stereocenters. The Bertz CT molecular complexity index is 751. The average Bonchev–Trinajstić information content (AvgIpc) is 2.75. The molecule has 2 aromatic rings. The molecular formula is C20H22O4. The van der Waals surface area contributed by atoms with E-state index in [0.29, 0.717) is 12.2 Å². The molecule has 0 fully saturated rings. The Morgan fingerprint density at radius 3 is 2.42 bits per heavy atom. The number of aliphatic carboxylic acids is 1. The molecule has 0 aliphatic heterocycles. The van der Waals surface area contributed by atoms with Gasteiger partial charge in [0.1, 0.15) is 0 Å². The second kappa shape index (κ2) is 6.95. The minimum atomic E-state index is -0.765. The van der Waals surface area contributed by atoms with E-state index in [0.717, 1.165) is 24.2 Å². The highest BCUT2D eigenvalue weighted by molar-refractivity contribution is 5.67. The van der Waals surface area contributed by atoms with E-state index in [-0.39, 0.29) is 12.3 Å². The van der Waals surface area contributed by atoms with Gasteiger partial charge in [-0.25, -0.2) is 0 Å². The van der Waals surface area contributed by atoms with Gasteiger partial charge in [0.2, 0.25) is 0 Å². The average molecular weight is 326 g/mol. The van der Waals surface area contributed by atoms with Crippen molar-refractivity contribution in [3.63, 3.8) is 0 Å². The molecule has 1 aliphatic rings. The van der Waals surface area contributed by atoms with Gasteiger partial charge in [0.15, 0.2) is 11.5 Å². The van der Waals surface area contributed by atoms with Crippen LogP contribution in [0, 0.1) is 0 Å². The molecule has 1 atom stereocenters. The minimum Gasteiger partial charge on any atom is -0.493 e. The number of hydrogen-bond donors (Lipinski definition) is 1. The Hall–Kier alpha value is -2.49. The van der Waals surface area contributed by atoms with Gasteiger partial charge in [-0.2, -0.15) is 0 Å².